The minimum Gasteiger partial charge on any atom is -0.337 e. The molecule has 0 N–H and O–H groups in total. The fourth-order valence-electron chi connectivity index (χ4n) is 2.63. The van der Waals surface area contributed by atoms with E-state index < -0.39 is 0 Å². The molecule has 20 heavy (non-hydrogen) atoms. The number of halogens is 1. The Morgan fingerprint density at radius 3 is 3.05 bits per heavy atom. The number of hydrogen-bond acceptors (Lipinski definition) is 3. The first-order chi connectivity index (χ1) is 9.63. The van der Waals surface area contributed by atoms with Gasteiger partial charge < -0.3 is 4.90 Å². The summed E-state index contributed by atoms with van der Waals surface area (Å²) < 4.78 is 2.80. The second-order valence-corrected chi connectivity index (χ2v) is 6.96. The molecule has 2 aromatic heterocycles. The zero-order valence-corrected chi connectivity index (χ0v) is 13.7. The van der Waals surface area contributed by atoms with E-state index in [1.807, 2.05) is 34.3 Å². The number of aromatic nitrogens is 2. The Bertz CT molecular complexity index is 621. The Labute approximate surface area is 130 Å². The molecule has 1 fully saturated rings. The molecule has 106 valence electrons. The van der Waals surface area contributed by atoms with Crippen LogP contribution in [0.1, 0.15) is 34.1 Å². The van der Waals surface area contributed by atoms with Crippen LogP contribution in [0.3, 0.4) is 0 Å². The number of aryl methyl sites for hydroxylation is 1. The Balaban J connectivity index is 1.73. The van der Waals surface area contributed by atoms with Gasteiger partial charge in [-0.15, -0.1) is 11.3 Å². The highest BCUT2D eigenvalue weighted by Gasteiger charge is 2.27. The quantitative estimate of drug-likeness (QED) is 0.830. The maximum Gasteiger partial charge on any atom is 0.263 e. The molecule has 0 radical (unpaired) electrons. The molecule has 1 aliphatic rings. The third-order valence-electron chi connectivity index (χ3n) is 3.64. The molecule has 0 aromatic carbocycles. The minimum atomic E-state index is 0.140. The molecular weight excluding hydrogens is 338 g/mol. The Morgan fingerprint density at radius 1 is 1.55 bits per heavy atom. The van der Waals surface area contributed by atoms with Crippen LogP contribution in [0.2, 0.25) is 0 Å². The van der Waals surface area contributed by atoms with Gasteiger partial charge >= 0.3 is 0 Å². The molecule has 0 unspecified atom stereocenters. The molecule has 3 rings (SSSR count). The van der Waals surface area contributed by atoms with E-state index >= 15 is 0 Å². The van der Waals surface area contributed by atoms with Crippen LogP contribution in [-0.2, 0) is 7.05 Å². The maximum atomic E-state index is 12.5. The monoisotopic (exact) mass is 353 g/mol. The van der Waals surface area contributed by atoms with Gasteiger partial charge in [-0.05, 0) is 40.9 Å². The summed E-state index contributed by atoms with van der Waals surface area (Å²) in [6.07, 6.45) is 4.11. The van der Waals surface area contributed by atoms with Crippen LogP contribution >= 0.6 is 27.3 Å². The van der Waals surface area contributed by atoms with Gasteiger partial charge in [-0.25, -0.2) is 0 Å². The van der Waals surface area contributed by atoms with Crippen molar-refractivity contribution in [2.75, 3.05) is 13.1 Å². The van der Waals surface area contributed by atoms with Crippen LogP contribution < -0.4 is 0 Å². The highest BCUT2D eigenvalue weighted by Crippen LogP contribution is 2.28. The number of rotatable bonds is 2. The van der Waals surface area contributed by atoms with E-state index in [-0.39, 0.29) is 5.91 Å². The van der Waals surface area contributed by atoms with Crippen molar-refractivity contribution in [2.24, 2.45) is 7.05 Å². The van der Waals surface area contributed by atoms with Crippen LogP contribution in [0.4, 0.5) is 0 Å². The second-order valence-electron chi connectivity index (χ2n) is 5.13. The number of amides is 1. The molecule has 1 saturated heterocycles. The summed E-state index contributed by atoms with van der Waals surface area (Å²) >= 11 is 4.90. The number of thiophene rings is 1. The van der Waals surface area contributed by atoms with E-state index in [4.69, 9.17) is 0 Å². The Morgan fingerprint density at radius 2 is 2.40 bits per heavy atom. The first kappa shape index (κ1) is 13.8. The van der Waals surface area contributed by atoms with Crippen molar-refractivity contribution in [3.63, 3.8) is 0 Å². The fourth-order valence-corrected chi connectivity index (χ4v) is 4.03. The zero-order chi connectivity index (χ0) is 14.1. The van der Waals surface area contributed by atoms with E-state index in [2.05, 4.69) is 27.1 Å². The molecule has 2 aromatic rings. The van der Waals surface area contributed by atoms with Crippen LogP contribution in [0, 0.1) is 0 Å². The normalized spacial score (nSPS) is 19.3. The molecule has 0 aliphatic carbocycles. The summed E-state index contributed by atoms with van der Waals surface area (Å²) in [7, 11) is 1.93. The molecular formula is C14H16BrN3OS. The van der Waals surface area contributed by atoms with E-state index in [9.17, 15) is 4.79 Å². The second kappa shape index (κ2) is 5.69. The summed E-state index contributed by atoms with van der Waals surface area (Å²) in [5.41, 5.74) is 1.09. The maximum absolute atomic E-state index is 12.5. The van der Waals surface area contributed by atoms with E-state index in [0.717, 1.165) is 41.0 Å². The molecule has 1 aliphatic heterocycles. The number of hydrogen-bond donors (Lipinski definition) is 0. The van der Waals surface area contributed by atoms with Gasteiger partial charge in [0.15, 0.2) is 0 Å². The van der Waals surface area contributed by atoms with Gasteiger partial charge in [-0.1, -0.05) is 0 Å². The standard InChI is InChI=1S/C14H16BrN3OS/c1-17-6-4-12(16-17)10-3-2-5-18(8-10)14(19)13-7-11(15)9-20-13/h4,6-7,9-10H,2-3,5,8H2,1H3/t10-/m0/s1. The van der Waals surface area contributed by atoms with E-state index in [1.165, 1.54) is 11.3 Å². The smallest absolute Gasteiger partial charge is 0.263 e. The molecule has 1 amide bonds. The highest BCUT2D eigenvalue weighted by molar-refractivity contribution is 9.10. The van der Waals surface area contributed by atoms with Gasteiger partial charge in [-0.3, -0.25) is 9.48 Å². The molecule has 0 spiro atoms. The number of carbonyl (C=O) groups excluding carboxylic acids is 1. The Kier molecular flexibility index (Phi) is 3.94. The molecule has 0 saturated carbocycles. The van der Waals surface area contributed by atoms with Crippen LogP contribution in [0.15, 0.2) is 28.2 Å². The number of likely N-dealkylation sites (tertiary alicyclic amines) is 1. The van der Waals surface area contributed by atoms with Crippen molar-refractivity contribution in [1.82, 2.24) is 14.7 Å². The van der Waals surface area contributed by atoms with Crippen molar-refractivity contribution in [2.45, 2.75) is 18.8 Å². The van der Waals surface area contributed by atoms with Crippen LogP contribution in [-0.4, -0.2) is 33.7 Å². The van der Waals surface area contributed by atoms with Crippen molar-refractivity contribution < 1.29 is 4.79 Å². The summed E-state index contributed by atoms with van der Waals surface area (Å²) in [5.74, 6) is 0.499. The molecule has 6 heteroatoms. The molecule has 3 heterocycles. The SMILES string of the molecule is Cn1ccc([C@H]2CCCN(C(=O)c3cc(Br)cs3)C2)n1. The van der Waals surface area contributed by atoms with Crippen molar-refractivity contribution in [1.29, 1.82) is 0 Å². The third-order valence-corrected chi connectivity index (χ3v) is 5.32. The summed E-state index contributed by atoms with van der Waals surface area (Å²) in [4.78, 5) is 15.2. The fraction of sp³-hybridized carbons (Fsp3) is 0.429. The lowest BCUT2D eigenvalue weighted by Gasteiger charge is -2.31. The van der Waals surface area contributed by atoms with E-state index in [1.54, 1.807) is 0 Å². The Hall–Kier alpha value is -1.14. The molecule has 1 atom stereocenters. The average Bonchev–Trinajstić information content (AvgIpc) is 3.07. The number of piperidine rings is 1. The largest absolute Gasteiger partial charge is 0.337 e. The average molecular weight is 354 g/mol. The van der Waals surface area contributed by atoms with Gasteiger partial charge in [0.2, 0.25) is 0 Å². The van der Waals surface area contributed by atoms with Gasteiger partial charge in [0, 0.05) is 42.1 Å². The molecule has 0 bridgehead atoms. The van der Waals surface area contributed by atoms with Crippen molar-refractivity contribution >= 4 is 33.2 Å². The lowest BCUT2D eigenvalue weighted by Crippen LogP contribution is -2.38. The molecule has 4 nitrogen and oxygen atoms in total. The van der Waals surface area contributed by atoms with Gasteiger partial charge in [0.25, 0.3) is 5.91 Å². The van der Waals surface area contributed by atoms with Gasteiger partial charge in [0.1, 0.15) is 0 Å². The highest BCUT2D eigenvalue weighted by atomic mass is 79.9. The number of nitrogens with zero attached hydrogens (tertiary/aromatic N) is 3. The van der Waals surface area contributed by atoms with Crippen LogP contribution in [0.25, 0.3) is 0 Å². The third kappa shape index (κ3) is 2.81. The van der Waals surface area contributed by atoms with E-state index in [0.29, 0.717) is 5.92 Å². The minimum absolute atomic E-state index is 0.140. The first-order valence-corrected chi connectivity index (χ1v) is 8.33. The van der Waals surface area contributed by atoms with Crippen molar-refractivity contribution in [3.8, 4) is 0 Å². The predicted molar refractivity (Wildman–Crippen MR) is 83.1 cm³/mol. The topological polar surface area (TPSA) is 38.1 Å². The van der Waals surface area contributed by atoms with Gasteiger partial charge in [-0.2, -0.15) is 5.10 Å². The lowest BCUT2D eigenvalue weighted by atomic mass is 9.95. The van der Waals surface area contributed by atoms with Gasteiger partial charge in [0.05, 0.1) is 10.6 Å². The summed E-state index contributed by atoms with van der Waals surface area (Å²) in [5, 5.41) is 6.43. The first-order valence-electron chi connectivity index (χ1n) is 6.66. The summed E-state index contributed by atoms with van der Waals surface area (Å²) in [6, 6.07) is 3.96. The predicted octanol–water partition coefficient (Wildman–Crippen LogP) is 3.26. The van der Waals surface area contributed by atoms with Crippen molar-refractivity contribution in [3.05, 3.63) is 38.8 Å². The van der Waals surface area contributed by atoms with Crippen LogP contribution in [0.5, 0.6) is 0 Å². The lowest BCUT2D eigenvalue weighted by molar-refractivity contribution is 0.0710. The number of carbonyl (C=O) groups is 1. The zero-order valence-electron chi connectivity index (χ0n) is 11.3. The summed E-state index contributed by atoms with van der Waals surface area (Å²) in [6.45, 7) is 1.61.